The summed E-state index contributed by atoms with van der Waals surface area (Å²) < 4.78 is 0. The van der Waals surface area contributed by atoms with Gasteiger partial charge in [-0.1, -0.05) is 12.1 Å². The molecule has 1 aliphatic rings. The summed E-state index contributed by atoms with van der Waals surface area (Å²) in [5, 5.41) is 13.9. The van der Waals surface area contributed by atoms with E-state index >= 15 is 0 Å². The fourth-order valence-electron chi connectivity index (χ4n) is 2.27. The number of piperazine rings is 1. The lowest BCUT2D eigenvalue weighted by atomic mass is 10.1. The van der Waals surface area contributed by atoms with Gasteiger partial charge in [-0.2, -0.15) is 0 Å². The smallest absolute Gasteiger partial charge is 0.269 e. The molecule has 2 rings (SSSR count). The first-order valence-electron chi connectivity index (χ1n) is 6.31. The Kier molecular flexibility index (Phi) is 4.11. The summed E-state index contributed by atoms with van der Waals surface area (Å²) in [6.45, 7) is 4.28. The fourth-order valence-corrected chi connectivity index (χ4v) is 2.27. The van der Waals surface area contributed by atoms with E-state index in [-0.39, 0.29) is 24.1 Å². The number of nitrogens with zero attached hydrogens (tertiary/aromatic N) is 2. The second-order valence-electron chi connectivity index (χ2n) is 4.74. The molecule has 1 N–H and O–H groups in total. The Labute approximate surface area is 111 Å². The third kappa shape index (κ3) is 3.29. The monoisotopic (exact) mass is 263 g/mol. The highest BCUT2D eigenvalue weighted by Crippen LogP contribution is 2.15. The van der Waals surface area contributed by atoms with Crippen molar-refractivity contribution in [3.63, 3.8) is 0 Å². The summed E-state index contributed by atoms with van der Waals surface area (Å²) in [6, 6.07) is 6.42. The van der Waals surface area contributed by atoms with E-state index < -0.39 is 4.92 Å². The number of carbonyl (C=O) groups is 1. The number of hydrogen-bond donors (Lipinski definition) is 1. The van der Waals surface area contributed by atoms with Crippen LogP contribution < -0.4 is 5.32 Å². The van der Waals surface area contributed by atoms with Gasteiger partial charge in [-0.15, -0.1) is 0 Å². The van der Waals surface area contributed by atoms with E-state index in [2.05, 4.69) is 5.32 Å². The molecular weight excluding hydrogens is 246 g/mol. The molecule has 6 nitrogen and oxygen atoms in total. The molecule has 0 aliphatic carbocycles. The fraction of sp³-hybridized carbons (Fsp3) is 0.462. The van der Waals surface area contributed by atoms with E-state index in [0.29, 0.717) is 12.1 Å². The van der Waals surface area contributed by atoms with Crippen LogP contribution in [0.15, 0.2) is 24.3 Å². The zero-order valence-electron chi connectivity index (χ0n) is 10.8. The maximum atomic E-state index is 12.2. The molecule has 1 atom stereocenters. The van der Waals surface area contributed by atoms with Crippen LogP contribution in [-0.4, -0.2) is 41.4 Å². The van der Waals surface area contributed by atoms with Crippen molar-refractivity contribution in [3.05, 3.63) is 39.9 Å². The molecule has 0 bridgehead atoms. The number of nitrogens with one attached hydrogen (secondary N) is 1. The molecule has 1 saturated heterocycles. The van der Waals surface area contributed by atoms with E-state index in [1.165, 1.54) is 12.1 Å². The normalized spacial score (nSPS) is 19.2. The molecular formula is C13H17N3O3. The van der Waals surface area contributed by atoms with Crippen LogP contribution in [0.1, 0.15) is 12.5 Å². The predicted octanol–water partition coefficient (Wildman–Crippen LogP) is 0.958. The van der Waals surface area contributed by atoms with E-state index in [9.17, 15) is 14.9 Å². The first-order chi connectivity index (χ1) is 9.08. The van der Waals surface area contributed by atoms with Gasteiger partial charge in [-0.3, -0.25) is 14.9 Å². The lowest BCUT2D eigenvalue weighted by Crippen LogP contribution is -2.52. The largest absolute Gasteiger partial charge is 0.337 e. The van der Waals surface area contributed by atoms with Gasteiger partial charge in [0.1, 0.15) is 0 Å². The second-order valence-corrected chi connectivity index (χ2v) is 4.74. The molecule has 1 aliphatic heterocycles. The standard InChI is InChI=1S/C13H17N3O3/c1-10-9-14-5-6-15(10)13(17)8-11-3-2-4-12(7-11)16(18)19/h2-4,7,10,14H,5-6,8-9H2,1H3/t10-/m0/s1. The maximum absolute atomic E-state index is 12.2. The summed E-state index contributed by atoms with van der Waals surface area (Å²) >= 11 is 0. The summed E-state index contributed by atoms with van der Waals surface area (Å²) in [5.74, 6) is 0.0227. The van der Waals surface area contributed by atoms with Crippen molar-refractivity contribution < 1.29 is 9.72 Å². The van der Waals surface area contributed by atoms with Crippen molar-refractivity contribution in [1.29, 1.82) is 0 Å². The van der Waals surface area contributed by atoms with Crippen LogP contribution in [-0.2, 0) is 11.2 Å². The molecule has 0 radical (unpaired) electrons. The van der Waals surface area contributed by atoms with Gasteiger partial charge in [0.2, 0.25) is 5.91 Å². The molecule has 0 saturated carbocycles. The van der Waals surface area contributed by atoms with Crippen LogP contribution in [0.4, 0.5) is 5.69 Å². The number of nitro groups is 1. The lowest BCUT2D eigenvalue weighted by Gasteiger charge is -2.34. The van der Waals surface area contributed by atoms with E-state index in [4.69, 9.17) is 0 Å². The molecule has 0 spiro atoms. The van der Waals surface area contributed by atoms with Crippen LogP contribution in [0.2, 0.25) is 0 Å². The minimum Gasteiger partial charge on any atom is -0.337 e. The number of non-ortho nitro benzene ring substituents is 1. The molecule has 1 aromatic rings. The van der Waals surface area contributed by atoms with Gasteiger partial charge in [0, 0.05) is 37.8 Å². The Morgan fingerprint density at radius 3 is 3.05 bits per heavy atom. The molecule has 1 fully saturated rings. The summed E-state index contributed by atoms with van der Waals surface area (Å²) in [5.41, 5.74) is 0.712. The van der Waals surface area contributed by atoms with Crippen molar-refractivity contribution in [2.45, 2.75) is 19.4 Å². The number of benzene rings is 1. The van der Waals surface area contributed by atoms with Crippen LogP contribution in [0.25, 0.3) is 0 Å². The molecule has 1 heterocycles. The summed E-state index contributed by atoms with van der Waals surface area (Å²) in [7, 11) is 0. The number of amides is 1. The Balaban J connectivity index is 2.06. The average molecular weight is 263 g/mol. The molecule has 1 amide bonds. The van der Waals surface area contributed by atoms with Gasteiger partial charge in [0.25, 0.3) is 5.69 Å². The minimum atomic E-state index is -0.443. The van der Waals surface area contributed by atoms with Crippen molar-refractivity contribution in [2.24, 2.45) is 0 Å². The lowest BCUT2D eigenvalue weighted by molar-refractivity contribution is -0.384. The Morgan fingerprint density at radius 1 is 1.58 bits per heavy atom. The molecule has 1 aromatic carbocycles. The van der Waals surface area contributed by atoms with Crippen molar-refractivity contribution in [2.75, 3.05) is 19.6 Å². The first-order valence-corrected chi connectivity index (χ1v) is 6.31. The second kappa shape index (κ2) is 5.79. The molecule has 0 aromatic heterocycles. The van der Waals surface area contributed by atoms with Crippen molar-refractivity contribution in [3.8, 4) is 0 Å². The zero-order chi connectivity index (χ0) is 13.8. The first kappa shape index (κ1) is 13.5. The molecule has 6 heteroatoms. The van der Waals surface area contributed by atoms with Crippen LogP contribution >= 0.6 is 0 Å². The number of carbonyl (C=O) groups excluding carboxylic acids is 1. The summed E-state index contributed by atoms with van der Waals surface area (Å²) in [4.78, 5) is 24.3. The zero-order valence-corrected chi connectivity index (χ0v) is 10.8. The molecule has 102 valence electrons. The Morgan fingerprint density at radius 2 is 2.37 bits per heavy atom. The van der Waals surface area contributed by atoms with E-state index in [1.807, 2.05) is 11.8 Å². The highest BCUT2D eigenvalue weighted by atomic mass is 16.6. The van der Waals surface area contributed by atoms with Gasteiger partial charge < -0.3 is 10.2 Å². The van der Waals surface area contributed by atoms with Crippen molar-refractivity contribution in [1.82, 2.24) is 10.2 Å². The van der Waals surface area contributed by atoms with Crippen molar-refractivity contribution >= 4 is 11.6 Å². The van der Waals surface area contributed by atoms with Gasteiger partial charge >= 0.3 is 0 Å². The van der Waals surface area contributed by atoms with Gasteiger partial charge in [0.15, 0.2) is 0 Å². The average Bonchev–Trinajstić information content (AvgIpc) is 2.39. The quantitative estimate of drug-likeness (QED) is 0.651. The van der Waals surface area contributed by atoms with Crippen LogP contribution in [0.3, 0.4) is 0 Å². The highest BCUT2D eigenvalue weighted by Gasteiger charge is 2.23. The highest BCUT2D eigenvalue weighted by molar-refractivity contribution is 5.79. The van der Waals surface area contributed by atoms with Crippen LogP contribution in [0.5, 0.6) is 0 Å². The topological polar surface area (TPSA) is 75.5 Å². The van der Waals surface area contributed by atoms with Gasteiger partial charge in [0.05, 0.1) is 11.3 Å². The summed E-state index contributed by atoms with van der Waals surface area (Å²) in [6.07, 6.45) is 0.214. The van der Waals surface area contributed by atoms with Gasteiger partial charge in [-0.05, 0) is 12.5 Å². The number of rotatable bonds is 3. The minimum absolute atomic E-state index is 0.0227. The van der Waals surface area contributed by atoms with Crippen LogP contribution in [0, 0.1) is 10.1 Å². The number of hydrogen-bond acceptors (Lipinski definition) is 4. The molecule has 0 unspecified atom stereocenters. The Bertz CT molecular complexity index is 490. The SMILES string of the molecule is C[C@H]1CNCCN1C(=O)Cc1cccc([N+](=O)[O-])c1. The van der Waals surface area contributed by atoms with Gasteiger partial charge in [-0.25, -0.2) is 0 Å². The third-order valence-electron chi connectivity index (χ3n) is 3.30. The predicted molar refractivity (Wildman–Crippen MR) is 70.8 cm³/mol. The molecule has 19 heavy (non-hydrogen) atoms. The van der Waals surface area contributed by atoms with E-state index in [0.717, 1.165) is 13.1 Å². The number of nitro benzene ring substituents is 1. The maximum Gasteiger partial charge on any atom is 0.269 e. The third-order valence-corrected chi connectivity index (χ3v) is 3.30. The van der Waals surface area contributed by atoms with E-state index in [1.54, 1.807) is 12.1 Å². The Hall–Kier alpha value is -1.95.